The van der Waals surface area contributed by atoms with Crippen LogP contribution in [0.5, 0.6) is 0 Å². The number of nitrogens with two attached hydrogens (primary N) is 1. The van der Waals surface area contributed by atoms with Crippen molar-refractivity contribution in [3.8, 4) is 0 Å². The van der Waals surface area contributed by atoms with E-state index in [2.05, 4.69) is 71.3 Å². The minimum Gasteiger partial charge on any atom is -0.390 e. The molecule has 6 N–H and O–H groups in total. The third-order valence-corrected chi connectivity index (χ3v) is 10.6. The predicted molar refractivity (Wildman–Crippen MR) is 198 cm³/mol. The summed E-state index contributed by atoms with van der Waals surface area (Å²) >= 11 is 0. The molecule has 0 rings (SSSR count). The number of aliphatic hydroxyl groups is 1. The van der Waals surface area contributed by atoms with Gasteiger partial charge in [-0.3, -0.25) is 0 Å². The summed E-state index contributed by atoms with van der Waals surface area (Å²) in [4.78, 5) is 0. The van der Waals surface area contributed by atoms with Gasteiger partial charge in [0, 0.05) is 56.3 Å². The van der Waals surface area contributed by atoms with Crippen LogP contribution >= 0.6 is 0 Å². The first-order valence-corrected chi connectivity index (χ1v) is 19.4. The van der Waals surface area contributed by atoms with Gasteiger partial charge in [-0.1, -0.05) is 34.6 Å². The van der Waals surface area contributed by atoms with Crippen molar-refractivity contribution >= 4 is 0 Å². The van der Waals surface area contributed by atoms with Crippen molar-refractivity contribution < 1.29 is 19.3 Å². The molecule has 0 aromatic heterocycles. The monoisotopic (exact) mass is 659 g/mol. The first-order chi connectivity index (χ1) is 22.0. The fourth-order valence-electron chi connectivity index (χ4n) is 5.90. The Balaban J connectivity index is 3.94. The highest BCUT2D eigenvalue weighted by Crippen LogP contribution is 2.22. The van der Waals surface area contributed by atoms with Crippen molar-refractivity contribution in [1.82, 2.24) is 16.0 Å². The summed E-state index contributed by atoms with van der Waals surface area (Å²) in [6, 6.07) is 0. The Kier molecular flexibility index (Phi) is 27.3. The van der Waals surface area contributed by atoms with Crippen LogP contribution in [0.1, 0.15) is 158 Å². The molecule has 0 fully saturated rings. The van der Waals surface area contributed by atoms with Crippen molar-refractivity contribution in [3.05, 3.63) is 0 Å². The van der Waals surface area contributed by atoms with E-state index in [0.717, 1.165) is 162 Å². The molecule has 0 aliphatic rings. The quantitative estimate of drug-likeness (QED) is 0.0459. The molecule has 8 heteroatoms. The van der Waals surface area contributed by atoms with Crippen LogP contribution in [-0.2, 0) is 14.2 Å². The highest BCUT2D eigenvalue weighted by molar-refractivity contribution is 4.84. The van der Waals surface area contributed by atoms with Crippen LogP contribution < -0.4 is 21.7 Å². The van der Waals surface area contributed by atoms with E-state index < -0.39 is 5.60 Å². The van der Waals surface area contributed by atoms with E-state index in [1.165, 1.54) is 0 Å². The Bertz CT molecular complexity index is 683. The van der Waals surface area contributed by atoms with Crippen LogP contribution in [0, 0.1) is 0 Å². The average molecular weight is 659 g/mol. The lowest BCUT2D eigenvalue weighted by molar-refractivity contribution is 0.0212. The molecule has 0 radical (unpaired) electrons. The van der Waals surface area contributed by atoms with Crippen LogP contribution in [-0.4, -0.2) is 93.1 Å². The lowest BCUT2D eigenvalue weighted by Crippen LogP contribution is -2.43. The molecule has 0 amide bonds. The van der Waals surface area contributed by atoms with Gasteiger partial charge in [0.1, 0.15) is 0 Å². The average Bonchev–Trinajstić information content (AvgIpc) is 3.07. The van der Waals surface area contributed by atoms with Crippen molar-refractivity contribution in [2.24, 2.45) is 5.73 Å². The van der Waals surface area contributed by atoms with Gasteiger partial charge in [-0.25, -0.2) is 0 Å². The molecule has 278 valence electrons. The summed E-state index contributed by atoms with van der Waals surface area (Å²) < 4.78 is 17.6. The zero-order valence-electron chi connectivity index (χ0n) is 32.1. The summed E-state index contributed by atoms with van der Waals surface area (Å²) in [6.45, 7) is 26.5. The first-order valence-electron chi connectivity index (χ1n) is 19.4. The second-order valence-corrected chi connectivity index (χ2v) is 14.6. The number of rotatable bonds is 35. The molecule has 3 unspecified atom stereocenters. The van der Waals surface area contributed by atoms with E-state index >= 15 is 0 Å². The Morgan fingerprint density at radius 3 is 1.11 bits per heavy atom. The summed E-state index contributed by atoms with van der Waals surface area (Å²) in [6.07, 6.45) is 16.5. The standard InChI is InChI=1S/C38H82N4O4/c1-9-35(6,40-26-14-24-38(43,12-4)13-5)21-16-30-45-33-20-28-42-37(8,11-3)23-17-31-46-34-19-27-41-36(7,10-2)22-15-29-44-32-18-25-39/h40-43H,9-34,39H2,1-8H3. The number of nitrogens with one attached hydrogen (secondary N) is 3. The Morgan fingerprint density at radius 1 is 0.457 bits per heavy atom. The topological polar surface area (TPSA) is 110 Å². The molecule has 0 saturated carbocycles. The van der Waals surface area contributed by atoms with Crippen molar-refractivity contribution in [2.75, 3.05) is 65.8 Å². The fraction of sp³-hybridized carbons (Fsp3) is 1.00. The minimum absolute atomic E-state index is 0.141. The zero-order chi connectivity index (χ0) is 34.6. The smallest absolute Gasteiger partial charge is 0.0643 e. The summed E-state index contributed by atoms with van der Waals surface area (Å²) in [5.41, 5.74) is 5.50. The maximum absolute atomic E-state index is 10.5. The SMILES string of the molecule is CCC(O)(CC)CCCNC(C)(CC)CCCOCCCNC(C)(CC)CCCOCCCNC(C)(CC)CCCOCCCN. The second kappa shape index (κ2) is 27.5. The van der Waals surface area contributed by atoms with Gasteiger partial charge in [0.25, 0.3) is 0 Å². The Hall–Kier alpha value is -0.320. The summed E-state index contributed by atoms with van der Waals surface area (Å²) in [7, 11) is 0. The van der Waals surface area contributed by atoms with E-state index in [9.17, 15) is 5.11 Å². The van der Waals surface area contributed by atoms with Gasteiger partial charge in [0.05, 0.1) is 5.60 Å². The normalized spacial score (nSPS) is 16.3. The molecule has 46 heavy (non-hydrogen) atoms. The van der Waals surface area contributed by atoms with Gasteiger partial charge < -0.3 is 41.0 Å². The molecule has 0 spiro atoms. The maximum Gasteiger partial charge on any atom is 0.0643 e. The molecule has 0 aliphatic carbocycles. The first kappa shape index (κ1) is 45.7. The molecule has 0 aromatic carbocycles. The zero-order valence-corrected chi connectivity index (χ0v) is 32.1. The molecule has 8 nitrogen and oxygen atoms in total. The Morgan fingerprint density at radius 2 is 0.783 bits per heavy atom. The van der Waals surface area contributed by atoms with Crippen LogP contribution in [0.4, 0.5) is 0 Å². The van der Waals surface area contributed by atoms with Gasteiger partial charge in [0.15, 0.2) is 0 Å². The number of ether oxygens (including phenoxy) is 3. The van der Waals surface area contributed by atoms with Crippen molar-refractivity contribution in [2.45, 2.75) is 180 Å². The lowest BCUT2D eigenvalue weighted by atomic mass is 9.90. The second-order valence-electron chi connectivity index (χ2n) is 14.6. The molecule has 0 heterocycles. The largest absolute Gasteiger partial charge is 0.390 e. The van der Waals surface area contributed by atoms with Crippen LogP contribution in [0.25, 0.3) is 0 Å². The molecule has 0 aliphatic heterocycles. The van der Waals surface area contributed by atoms with E-state index in [-0.39, 0.29) is 16.6 Å². The Labute approximate surface area is 286 Å². The van der Waals surface area contributed by atoms with Gasteiger partial charge in [-0.05, 0) is 150 Å². The van der Waals surface area contributed by atoms with E-state index in [0.29, 0.717) is 6.54 Å². The van der Waals surface area contributed by atoms with Gasteiger partial charge in [0.2, 0.25) is 0 Å². The van der Waals surface area contributed by atoms with E-state index in [1.807, 2.05) is 0 Å². The van der Waals surface area contributed by atoms with Crippen LogP contribution in [0.15, 0.2) is 0 Å². The van der Waals surface area contributed by atoms with Crippen LogP contribution in [0.2, 0.25) is 0 Å². The molecule has 0 bridgehead atoms. The highest BCUT2D eigenvalue weighted by atomic mass is 16.5. The lowest BCUT2D eigenvalue weighted by Gasteiger charge is -2.31. The van der Waals surface area contributed by atoms with Crippen LogP contribution in [0.3, 0.4) is 0 Å². The highest BCUT2D eigenvalue weighted by Gasteiger charge is 2.24. The molecule has 3 atom stereocenters. The van der Waals surface area contributed by atoms with Crippen molar-refractivity contribution in [1.29, 1.82) is 0 Å². The van der Waals surface area contributed by atoms with Crippen molar-refractivity contribution in [3.63, 3.8) is 0 Å². The fourth-order valence-corrected chi connectivity index (χ4v) is 5.90. The molecule has 0 saturated heterocycles. The maximum atomic E-state index is 10.5. The summed E-state index contributed by atoms with van der Waals surface area (Å²) in [5, 5.41) is 21.8. The third kappa shape index (κ3) is 23.1. The predicted octanol–water partition coefficient (Wildman–Crippen LogP) is 7.11. The molecular weight excluding hydrogens is 576 g/mol. The van der Waals surface area contributed by atoms with Gasteiger partial charge in [-0.2, -0.15) is 0 Å². The molecule has 0 aromatic rings. The third-order valence-electron chi connectivity index (χ3n) is 10.6. The van der Waals surface area contributed by atoms with Gasteiger partial charge >= 0.3 is 0 Å². The minimum atomic E-state index is -0.493. The van der Waals surface area contributed by atoms with E-state index in [4.69, 9.17) is 19.9 Å². The van der Waals surface area contributed by atoms with Gasteiger partial charge in [-0.15, -0.1) is 0 Å². The number of hydrogen-bond donors (Lipinski definition) is 5. The van der Waals surface area contributed by atoms with E-state index in [1.54, 1.807) is 0 Å². The number of hydrogen-bond acceptors (Lipinski definition) is 8. The molecular formula is C38H82N4O4. The summed E-state index contributed by atoms with van der Waals surface area (Å²) in [5.74, 6) is 0.